The molecule has 0 N–H and O–H groups in total. The van der Waals surface area contributed by atoms with Crippen molar-refractivity contribution in [3.05, 3.63) is 87.2 Å². The molecule has 2 heterocycles. The lowest BCUT2D eigenvalue weighted by Crippen LogP contribution is -2.31. The first-order chi connectivity index (χ1) is 13.9. The van der Waals surface area contributed by atoms with Crippen LogP contribution < -0.4 is 9.93 Å². The quantitative estimate of drug-likeness (QED) is 0.446. The van der Waals surface area contributed by atoms with Crippen LogP contribution in [0.15, 0.2) is 74.2 Å². The molecule has 0 aliphatic heterocycles. The first kappa shape index (κ1) is 19.4. The molecule has 2 aromatic carbocycles. The second-order valence-electron chi connectivity index (χ2n) is 6.61. The molecule has 0 bridgehead atoms. The molecular formula is C21H18N2O4S2. The Bertz CT molecular complexity index is 1330. The lowest BCUT2D eigenvalue weighted by molar-refractivity contribution is 0.555. The van der Waals surface area contributed by atoms with Gasteiger partial charge in [-0.1, -0.05) is 30.3 Å². The minimum Gasteiger partial charge on any atom is -0.422 e. The van der Waals surface area contributed by atoms with Crippen molar-refractivity contribution >= 4 is 37.5 Å². The fourth-order valence-corrected chi connectivity index (χ4v) is 5.41. The van der Waals surface area contributed by atoms with Gasteiger partial charge in [0.15, 0.2) is 5.13 Å². The van der Waals surface area contributed by atoms with E-state index >= 15 is 0 Å². The van der Waals surface area contributed by atoms with Gasteiger partial charge in [-0.25, -0.2) is 22.5 Å². The molecule has 0 spiro atoms. The number of benzene rings is 2. The molecular weight excluding hydrogens is 408 g/mol. The highest BCUT2D eigenvalue weighted by atomic mass is 32.2. The Balaban J connectivity index is 1.89. The fourth-order valence-electron chi connectivity index (χ4n) is 3.12. The molecule has 148 valence electrons. The highest BCUT2D eigenvalue weighted by Crippen LogP contribution is 2.30. The van der Waals surface area contributed by atoms with Crippen LogP contribution in [0.5, 0.6) is 0 Å². The molecule has 2 aromatic heterocycles. The number of aromatic nitrogens is 1. The zero-order chi connectivity index (χ0) is 20.6. The van der Waals surface area contributed by atoms with E-state index in [0.717, 1.165) is 11.1 Å². The molecule has 0 amide bonds. The van der Waals surface area contributed by atoms with Gasteiger partial charge in [-0.3, -0.25) is 0 Å². The van der Waals surface area contributed by atoms with Gasteiger partial charge in [0.25, 0.3) is 10.0 Å². The Morgan fingerprint density at radius 2 is 1.86 bits per heavy atom. The van der Waals surface area contributed by atoms with Crippen molar-refractivity contribution in [2.24, 2.45) is 0 Å². The minimum atomic E-state index is -3.87. The number of nitrogens with zero attached hydrogens (tertiary/aromatic N) is 2. The van der Waals surface area contributed by atoms with E-state index in [4.69, 9.17) is 4.42 Å². The lowest BCUT2D eigenvalue weighted by Gasteiger charge is -2.22. The first-order valence-electron chi connectivity index (χ1n) is 8.88. The fraction of sp³-hybridized carbons (Fsp3) is 0.143. The third-order valence-electron chi connectivity index (χ3n) is 4.80. The van der Waals surface area contributed by atoms with Crippen LogP contribution in [0.2, 0.25) is 0 Å². The summed E-state index contributed by atoms with van der Waals surface area (Å²) in [5.74, 6) is 0. The number of fused-ring (bicyclic) bond motifs is 1. The predicted octanol–water partition coefficient (Wildman–Crippen LogP) is 4.26. The SMILES string of the molecule is Cc1ccc2c(CN(c3nccs3)S(=O)(=O)c3ccccc3)cc(=O)oc2c1C. The van der Waals surface area contributed by atoms with Crippen LogP contribution in [-0.4, -0.2) is 13.4 Å². The van der Waals surface area contributed by atoms with Crippen LogP contribution in [0.1, 0.15) is 16.7 Å². The van der Waals surface area contributed by atoms with E-state index in [1.165, 1.54) is 21.7 Å². The van der Waals surface area contributed by atoms with Crippen molar-refractivity contribution < 1.29 is 12.8 Å². The van der Waals surface area contributed by atoms with E-state index in [2.05, 4.69) is 4.98 Å². The molecule has 0 fully saturated rings. The summed E-state index contributed by atoms with van der Waals surface area (Å²) in [7, 11) is -3.87. The van der Waals surface area contributed by atoms with E-state index in [1.807, 2.05) is 26.0 Å². The van der Waals surface area contributed by atoms with E-state index < -0.39 is 15.6 Å². The molecule has 0 saturated carbocycles. The molecule has 4 aromatic rings. The van der Waals surface area contributed by atoms with Crippen molar-refractivity contribution in [2.75, 3.05) is 4.31 Å². The van der Waals surface area contributed by atoms with E-state index in [0.29, 0.717) is 21.7 Å². The predicted molar refractivity (Wildman–Crippen MR) is 114 cm³/mol. The van der Waals surface area contributed by atoms with Gasteiger partial charge in [0, 0.05) is 23.0 Å². The summed E-state index contributed by atoms with van der Waals surface area (Å²) in [4.78, 5) is 16.6. The van der Waals surface area contributed by atoms with Crippen LogP contribution in [0.3, 0.4) is 0 Å². The summed E-state index contributed by atoms with van der Waals surface area (Å²) in [6.45, 7) is 3.78. The zero-order valence-corrected chi connectivity index (χ0v) is 17.5. The maximum Gasteiger partial charge on any atom is 0.336 e. The summed E-state index contributed by atoms with van der Waals surface area (Å²) in [6, 6.07) is 13.3. The summed E-state index contributed by atoms with van der Waals surface area (Å²) in [5, 5.41) is 2.75. The first-order valence-corrected chi connectivity index (χ1v) is 11.2. The number of anilines is 1. The average molecular weight is 427 g/mol. The molecule has 0 atom stereocenters. The van der Waals surface area contributed by atoms with Crippen LogP contribution in [-0.2, 0) is 16.6 Å². The monoisotopic (exact) mass is 426 g/mol. The largest absolute Gasteiger partial charge is 0.422 e. The van der Waals surface area contributed by atoms with Crippen molar-refractivity contribution in [2.45, 2.75) is 25.3 Å². The Morgan fingerprint density at radius 3 is 2.55 bits per heavy atom. The van der Waals surface area contributed by atoms with Crippen LogP contribution in [0, 0.1) is 13.8 Å². The van der Waals surface area contributed by atoms with Crippen molar-refractivity contribution in [3.8, 4) is 0 Å². The molecule has 29 heavy (non-hydrogen) atoms. The molecule has 0 aliphatic carbocycles. The van der Waals surface area contributed by atoms with Gasteiger partial charge < -0.3 is 4.42 Å². The number of hydrogen-bond acceptors (Lipinski definition) is 6. The maximum absolute atomic E-state index is 13.4. The van der Waals surface area contributed by atoms with Gasteiger partial charge in [-0.2, -0.15) is 0 Å². The lowest BCUT2D eigenvalue weighted by atomic mass is 10.0. The van der Waals surface area contributed by atoms with Crippen LogP contribution >= 0.6 is 11.3 Å². The van der Waals surface area contributed by atoms with Gasteiger partial charge in [0.2, 0.25) is 0 Å². The van der Waals surface area contributed by atoms with Crippen molar-refractivity contribution in [1.82, 2.24) is 4.98 Å². The normalized spacial score (nSPS) is 11.7. The van der Waals surface area contributed by atoms with Crippen LogP contribution in [0.25, 0.3) is 11.0 Å². The van der Waals surface area contributed by atoms with Crippen molar-refractivity contribution in [1.29, 1.82) is 0 Å². The smallest absolute Gasteiger partial charge is 0.336 e. The number of aryl methyl sites for hydroxylation is 2. The summed E-state index contributed by atoms with van der Waals surface area (Å²) < 4.78 is 33.4. The van der Waals surface area contributed by atoms with Gasteiger partial charge in [-0.15, -0.1) is 11.3 Å². The van der Waals surface area contributed by atoms with Crippen LogP contribution in [0.4, 0.5) is 5.13 Å². The Kier molecular flexibility index (Phi) is 4.97. The Labute approximate surface area is 172 Å². The number of thiazole rings is 1. The minimum absolute atomic E-state index is 0.0324. The molecule has 0 aliphatic rings. The summed E-state index contributed by atoms with van der Waals surface area (Å²) in [5.41, 5.74) is 2.37. The second kappa shape index (κ2) is 7.46. The van der Waals surface area contributed by atoms with Gasteiger partial charge >= 0.3 is 5.63 Å². The molecule has 0 unspecified atom stereocenters. The number of rotatable bonds is 5. The topological polar surface area (TPSA) is 80.5 Å². The number of hydrogen-bond donors (Lipinski definition) is 0. The molecule has 0 radical (unpaired) electrons. The standard InChI is InChI=1S/C21H18N2O4S2/c1-14-8-9-18-16(12-19(24)27-20(18)15(14)2)13-23(21-22-10-11-28-21)29(25,26)17-6-4-3-5-7-17/h3-12H,13H2,1-2H3. The zero-order valence-electron chi connectivity index (χ0n) is 15.8. The van der Waals surface area contributed by atoms with E-state index in [1.54, 1.807) is 41.9 Å². The molecule has 4 rings (SSSR count). The highest BCUT2D eigenvalue weighted by Gasteiger charge is 2.28. The molecule has 6 nitrogen and oxygen atoms in total. The second-order valence-corrected chi connectivity index (χ2v) is 9.35. The average Bonchev–Trinajstić information content (AvgIpc) is 3.24. The Morgan fingerprint density at radius 1 is 1.10 bits per heavy atom. The van der Waals surface area contributed by atoms with Gasteiger partial charge in [-0.05, 0) is 42.7 Å². The van der Waals surface area contributed by atoms with Gasteiger partial charge in [0.1, 0.15) is 5.58 Å². The van der Waals surface area contributed by atoms with Crippen molar-refractivity contribution in [3.63, 3.8) is 0 Å². The number of sulfonamides is 1. The molecule has 0 saturated heterocycles. The van der Waals surface area contributed by atoms with E-state index in [9.17, 15) is 13.2 Å². The third-order valence-corrected chi connectivity index (χ3v) is 7.46. The van der Waals surface area contributed by atoms with E-state index in [-0.39, 0.29) is 11.4 Å². The molecule has 8 heteroatoms. The maximum atomic E-state index is 13.4. The van der Waals surface area contributed by atoms with Gasteiger partial charge in [0.05, 0.1) is 11.4 Å². The third kappa shape index (κ3) is 3.56. The summed E-state index contributed by atoms with van der Waals surface area (Å²) >= 11 is 1.22. The summed E-state index contributed by atoms with van der Waals surface area (Å²) in [6.07, 6.45) is 1.55. The highest BCUT2D eigenvalue weighted by molar-refractivity contribution is 7.93. The Hall–Kier alpha value is -2.97.